The standard InChI is InChI=1S/C13H19N5O/c1-3-17-13(19)9-6-4-5-7-11(9)18-12(16-2)10(15)8-14/h4-8,14,16,18H,3,15H2,1-2H3,(H,17,19)/b12-10-,14-8?. The van der Waals surface area contributed by atoms with Crippen molar-refractivity contribution < 1.29 is 4.79 Å². The van der Waals surface area contributed by atoms with Gasteiger partial charge in [0.2, 0.25) is 0 Å². The van der Waals surface area contributed by atoms with Crippen molar-refractivity contribution >= 4 is 17.8 Å². The highest BCUT2D eigenvalue weighted by atomic mass is 16.1. The Labute approximate surface area is 112 Å². The van der Waals surface area contributed by atoms with Crippen LogP contribution in [0.5, 0.6) is 0 Å². The Bertz CT molecular complexity index is 496. The van der Waals surface area contributed by atoms with Gasteiger partial charge in [0.25, 0.3) is 5.91 Å². The number of benzene rings is 1. The zero-order chi connectivity index (χ0) is 14.3. The average Bonchev–Trinajstić information content (AvgIpc) is 2.44. The predicted octanol–water partition coefficient (Wildman–Crippen LogP) is 0.845. The normalized spacial score (nSPS) is 11.3. The second-order valence-electron chi connectivity index (χ2n) is 3.75. The highest BCUT2D eigenvalue weighted by Crippen LogP contribution is 2.16. The molecule has 0 saturated carbocycles. The summed E-state index contributed by atoms with van der Waals surface area (Å²) in [6, 6.07) is 7.11. The Kier molecular flexibility index (Phi) is 5.40. The van der Waals surface area contributed by atoms with Gasteiger partial charge in [-0.1, -0.05) is 12.1 Å². The van der Waals surface area contributed by atoms with Crippen molar-refractivity contribution in [2.45, 2.75) is 6.92 Å². The first-order valence-electron chi connectivity index (χ1n) is 5.96. The molecule has 0 aromatic heterocycles. The molecule has 0 spiro atoms. The molecule has 19 heavy (non-hydrogen) atoms. The summed E-state index contributed by atoms with van der Waals surface area (Å²) in [5.74, 6) is 0.321. The second-order valence-corrected chi connectivity index (χ2v) is 3.75. The first kappa shape index (κ1) is 14.6. The smallest absolute Gasteiger partial charge is 0.253 e. The van der Waals surface area contributed by atoms with Crippen LogP contribution in [-0.4, -0.2) is 25.7 Å². The quantitative estimate of drug-likeness (QED) is 0.490. The van der Waals surface area contributed by atoms with Crippen LogP contribution in [0.1, 0.15) is 17.3 Å². The maximum absolute atomic E-state index is 11.9. The van der Waals surface area contributed by atoms with E-state index in [0.29, 0.717) is 23.6 Å². The summed E-state index contributed by atoms with van der Waals surface area (Å²) in [5.41, 5.74) is 7.08. The van der Waals surface area contributed by atoms with Gasteiger partial charge in [0.05, 0.1) is 16.9 Å². The third-order valence-electron chi connectivity index (χ3n) is 2.46. The number of nitrogens with two attached hydrogens (primary N) is 1. The molecule has 0 fully saturated rings. The van der Waals surface area contributed by atoms with Gasteiger partial charge in [-0.2, -0.15) is 0 Å². The Morgan fingerprint density at radius 1 is 1.42 bits per heavy atom. The van der Waals surface area contributed by atoms with Crippen LogP contribution in [0.4, 0.5) is 5.69 Å². The third-order valence-corrected chi connectivity index (χ3v) is 2.46. The minimum atomic E-state index is -0.158. The van der Waals surface area contributed by atoms with Crippen molar-refractivity contribution in [1.82, 2.24) is 10.6 Å². The van der Waals surface area contributed by atoms with Crippen LogP contribution in [0.15, 0.2) is 35.8 Å². The van der Waals surface area contributed by atoms with Crippen LogP contribution >= 0.6 is 0 Å². The summed E-state index contributed by atoms with van der Waals surface area (Å²) in [4.78, 5) is 11.9. The Balaban J connectivity index is 3.08. The van der Waals surface area contributed by atoms with Crippen molar-refractivity contribution in [1.29, 1.82) is 5.41 Å². The number of rotatable bonds is 6. The van der Waals surface area contributed by atoms with E-state index in [0.717, 1.165) is 6.21 Å². The van der Waals surface area contributed by atoms with Gasteiger partial charge < -0.3 is 27.1 Å². The van der Waals surface area contributed by atoms with Crippen molar-refractivity contribution in [2.24, 2.45) is 5.73 Å². The van der Waals surface area contributed by atoms with Crippen LogP contribution in [0.2, 0.25) is 0 Å². The van der Waals surface area contributed by atoms with E-state index in [1.54, 1.807) is 25.2 Å². The lowest BCUT2D eigenvalue weighted by Crippen LogP contribution is -2.26. The average molecular weight is 261 g/mol. The molecule has 6 heteroatoms. The molecule has 0 radical (unpaired) electrons. The van der Waals surface area contributed by atoms with Crippen LogP contribution in [-0.2, 0) is 0 Å². The summed E-state index contributed by atoms with van der Waals surface area (Å²) < 4.78 is 0. The molecule has 0 atom stereocenters. The van der Waals surface area contributed by atoms with Crippen molar-refractivity contribution in [3.8, 4) is 0 Å². The van der Waals surface area contributed by atoms with E-state index in [1.165, 1.54) is 0 Å². The molecule has 0 aliphatic rings. The maximum atomic E-state index is 11.9. The highest BCUT2D eigenvalue weighted by Gasteiger charge is 2.11. The zero-order valence-electron chi connectivity index (χ0n) is 11.1. The Morgan fingerprint density at radius 3 is 2.68 bits per heavy atom. The van der Waals surface area contributed by atoms with Crippen LogP contribution in [0.25, 0.3) is 0 Å². The molecular weight excluding hydrogens is 242 g/mol. The molecule has 0 aliphatic heterocycles. The van der Waals surface area contributed by atoms with E-state index < -0.39 is 0 Å². The maximum Gasteiger partial charge on any atom is 0.253 e. The SMILES string of the molecule is CCNC(=O)c1ccccc1N/C(NC)=C(\N)C=N. The number of hydrogen-bond acceptors (Lipinski definition) is 5. The lowest BCUT2D eigenvalue weighted by molar-refractivity contribution is 0.0956. The van der Waals surface area contributed by atoms with Gasteiger partial charge in [-0.3, -0.25) is 4.79 Å². The Hall–Kier alpha value is -2.50. The molecule has 102 valence electrons. The molecule has 6 nitrogen and oxygen atoms in total. The summed E-state index contributed by atoms with van der Waals surface area (Å²) in [7, 11) is 1.69. The molecule has 1 rings (SSSR count). The lowest BCUT2D eigenvalue weighted by Gasteiger charge is -2.15. The van der Waals surface area contributed by atoms with E-state index >= 15 is 0 Å². The first-order chi connectivity index (χ1) is 9.13. The molecule has 0 heterocycles. The van der Waals surface area contributed by atoms with Gasteiger partial charge in [0.1, 0.15) is 5.82 Å². The van der Waals surface area contributed by atoms with Gasteiger partial charge in [-0.05, 0) is 19.1 Å². The third kappa shape index (κ3) is 3.74. The number of allylic oxidation sites excluding steroid dienone is 1. The molecule has 1 aromatic carbocycles. The number of carbonyl (C=O) groups excluding carboxylic acids is 1. The van der Waals surface area contributed by atoms with Crippen molar-refractivity contribution in [3.05, 3.63) is 41.3 Å². The van der Waals surface area contributed by atoms with Crippen molar-refractivity contribution in [3.63, 3.8) is 0 Å². The molecule has 0 unspecified atom stereocenters. The first-order valence-corrected chi connectivity index (χ1v) is 5.96. The van der Waals surface area contributed by atoms with Crippen LogP contribution < -0.4 is 21.7 Å². The second kappa shape index (κ2) is 7.05. The molecule has 6 N–H and O–H groups in total. The van der Waals surface area contributed by atoms with Gasteiger partial charge in [0, 0.05) is 19.8 Å². The number of para-hydroxylation sites is 1. The molecule has 0 saturated heterocycles. The molecule has 1 amide bonds. The fraction of sp³-hybridized carbons (Fsp3) is 0.231. The Morgan fingerprint density at radius 2 is 2.11 bits per heavy atom. The number of hydrogen-bond donors (Lipinski definition) is 5. The zero-order valence-corrected chi connectivity index (χ0v) is 11.1. The lowest BCUT2D eigenvalue weighted by atomic mass is 10.1. The largest absolute Gasteiger partial charge is 0.395 e. The molecular formula is C13H19N5O. The summed E-state index contributed by atoms with van der Waals surface area (Å²) in [6.45, 7) is 2.42. The fourth-order valence-electron chi connectivity index (χ4n) is 1.53. The van der Waals surface area contributed by atoms with E-state index in [1.807, 2.05) is 13.0 Å². The van der Waals surface area contributed by atoms with Crippen molar-refractivity contribution in [2.75, 3.05) is 18.9 Å². The van der Waals surface area contributed by atoms with Crippen LogP contribution in [0.3, 0.4) is 0 Å². The van der Waals surface area contributed by atoms with Gasteiger partial charge in [-0.15, -0.1) is 0 Å². The summed E-state index contributed by atoms with van der Waals surface area (Å²) >= 11 is 0. The summed E-state index contributed by atoms with van der Waals surface area (Å²) in [5, 5.41) is 15.8. The topological polar surface area (TPSA) is 103 Å². The van der Waals surface area contributed by atoms with E-state index in [4.69, 9.17) is 11.1 Å². The monoisotopic (exact) mass is 261 g/mol. The van der Waals surface area contributed by atoms with E-state index in [9.17, 15) is 4.79 Å². The molecule has 1 aromatic rings. The van der Waals surface area contributed by atoms with E-state index in [2.05, 4.69) is 16.0 Å². The predicted molar refractivity (Wildman–Crippen MR) is 77.1 cm³/mol. The number of amides is 1. The molecule has 0 aliphatic carbocycles. The highest BCUT2D eigenvalue weighted by molar-refractivity contribution is 5.99. The number of carbonyl (C=O) groups is 1. The fourth-order valence-corrected chi connectivity index (χ4v) is 1.53. The number of anilines is 1. The minimum absolute atomic E-state index is 0.158. The summed E-state index contributed by atoms with van der Waals surface area (Å²) in [6.07, 6.45) is 1.04. The van der Waals surface area contributed by atoms with Crippen LogP contribution in [0, 0.1) is 5.41 Å². The van der Waals surface area contributed by atoms with Gasteiger partial charge in [0.15, 0.2) is 0 Å². The van der Waals surface area contributed by atoms with Gasteiger partial charge >= 0.3 is 0 Å². The van der Waals surface area contributed by atoms with E-state index in [-0.39, 0.29) is 11.6 Å². The molecule has 0 bridgehead atoms. The van der Waals surface area contributed by atoms with Gasteiger partial charge in [-0.25, -0.2) is 0 Å². The minimum Gasteiger partial charge on any atom is -0.395 e. The number of nitrogens with one attached hydrogen (secondary N) is 4.